The molecule has 88 valence electrons. The largest absolute Gasteiger partial charge is 0.508 e. The monoisotopic (exact) mass is 225 g/mol. The molecule has 0 atom stereocenters. The first-order valence-electron chi connectivity index (χ1n) is 4.90. The van der Waals surface area contributed by atoms with Gasteiger partial charge in [-0.25, -0.2) is 5.48 Å². The molecule has 5 heteroatoms. The van der Waals surface area contributed by atoms with Crippen molar-refractivity contribution >= 4 is 5.91 Å². The van der Waals surface area contributed by atoms with E-state index < -0.39 is 0 Å². The number of methoxy groups -OCH3 is 1. The minimum Gasteiger partial charge on any atom is -0.508 e. The molecule has 0 saturated heterocycles. The van der Waals surface area contributed by atoms with Gasteiger partial charge in [0.2, 0.25) is 5.91 Å². The number of benzene rings is 1. The van der Waals surface area contributed by atoms with Gasteiger partial charge in [-0.05, 0) is 17.7 Å². The van der Waals surface area contributed by atoms with Crippen LogP contribution in [-0.4, -0.2) is 31.3 Å². The maximum Gasteiger partial charge on any atom is 0.247 e. The molecule has 16 heavy (non-hydrogen) atoms. The Balaban J connectivity index is 2.29. The third-order valence-corrected chi connectivity index (χ3v) is 1.85. The Labute approximate surface area is 93.9 Å². The summed E-state index contributed by atoms with van der Waals surface area (Å²) in [6.07, 6.45) is 0.168. The van der Waals surface area contributed by atoms with E-state index >= 15 is 0 Å². The van der Waals surface area contributed by atoms with Crippen LogP contribution in [0, 0.1) is 0 Å². The van der Waals surface area contributed by atoms with Gasteiger partial charge in [0.1, 0.15) is 5.75 Å². The first-order valence-corrected chi connectivity index (χ1v) is 4.90. The molecular formula is C11H15NO4. The number of aromatic hydroxyl groups is 1. The van der Waals surface area contributed by atoms with Crippen molar-refractivity contribution < 1.29 is 19.5 Å². The van der Waals surface area contributed by atoms with Crippen LogP contribution in [0.15, 0.2) is 24.3 Å². The van der Waals surface area contributed by atoms with E-state index in [2.05, 4.69) is 5.48 Å². The van der Waals surface area contributed by atoms with E-state index in [0.29, 0.717) is 13.2 Å². The molecular weight excluding hydrogens is 210 g/mol. The number of nitrogens with one attached hydrogen (secondary N) is 1. The van der Waals surface area contributed by atoms with Gasteiger partial charge in [0, 0.05) is 7.11 Å². The summed E-state index contributed by atoms with van der Waals surface area (Å²) in [7, 11) is 1.55. The lowest BCUT2D eigenvalue weighted by Crippen LogP contribution is -2.26. The van der Waals surface area contributed by atoms with Crippen molar-refractivity contribution in [3.05, 3.63) is 29.8 Å². The molecule has 0 unspecified atom stereocenters. The van der Waals surface area contributed by atoms with Gasteiger partial charge in [0.25, 0.3) is 0 Å². The molecule has 0 bridgehead atoms. The van der Waals surface area contributed by atoms with E-state index in [1.54, 1.807) is 25.3 Å². The van der Waals surface area contributed by atoms with Gasteiger partial charge in [0.15, 0.2) is 0 Å². The first kappa shape index (κ1) is 12.5. The third-order valence-electron chi connectivity index (χ3n) is 1.85. The second-order valence-corrected chi connectivity index (χ2v) is 3.21. The smallest absolute Gasteiger partial charge is 0.247 e. The second kappa shape index (κ2) is 6.81. The fraction of sp³-hybridized carbons (Fsp3) is 0.364. The summed E-state index contributed by atoms with van der Waals surface area (Å²) >= 11 is 0. The van der Waals surface area contributed by atoms with Crippen LogP contribution in [0.5, 0.6) is 5.75 Å². The maximum absolute atomic E-state index is 11.3. The topological polar surface area (TPSA) is 67.8 Å². The Hall–Kier alpha value is -1.59. The third kappa shape index (κ3) is 4.77. The van der Waals surface area contributed by atoms with Crippen LogP contribution in [0.25, 0.3) is 0 Å². The van der Waals surface area contributed by atoms with E-state index in [9.17, 15) is 9.90 Å². The van der Waals surface area contributed by atoms with Crippen LogP contribution >= 0.6 is 0 Å². The summed E-state index contributed by atoms with van der Waals surface area (Å²) in [6, 6.07) is 6.53. The number of rotatable bonds is 6. The summed E-state index contributed by atoms with van der Waals surface area (Å²) in [5.41, 5.74) is 3.01. The molecule has 0 aromatic heterocycles. The Bertz CT molecular complexity index is 341. The van der Waals surface area contributed by atoms with E-state index in [4.69, 9.17) is 9.57 Å². The van der Waals surface area contributed by atoms with Gasteiger partial charge in [-0.2, -0.15) is 0 Å². The van der Waals surface area contributed by atoms with Gasteiger partial charge < -0.3 is 9.84 Å². The van der Waals surface area contributed by atoms with Gasteiger partial charge in [-0.1, -0.05) is 12.1 Å². The van der Waals surface area contributed by atoms with Gasteiger partial charge in [-0.3, -0.25) is 9.63 Å². The van der Waals surface area contributed by atoms with Crippen LogP contribution in [-0.2, 0) is 20.8 Å². The lowest BCUT2D eigenvalue weighted by atomic mass is 10.1. The summed E-state index contributed by atoms with van der Waals surface area (Å²) < 4.78 is 4.75. The summed E-state index contributed by atoms with van der Waals surface area (Å²) in [5.74, 6) is -0.118. The normalized spacial score (nSPS) is 10.1. The van der Waals surface area contributed by atoms with Crippen LogP contribution in [0.3, 0.4) is 0 Å². The number of phenolic OH excluding ortho intramolecular Hbond substituents is 1. The standard InChI is InChI=1S/C11H15NO4/c1-15-5-6-16-12-11(14)8-9-3-2-4-10(13)7-9/h2-4,7,13H,5-6,8H2,1H3,(H,12,14). The molecule has 0 aliphatic rings. The Morgan fingerprint density at radius 3 is 2.94 bits per heavy atom. The van der Waals surface area contributed by atoms with Crippen molar-refractivity contribution in [1.29, 1.82) is 0 Å². The second-order valence-electron chi connectivity index (χ2n) is 3.21. The highest BCUT2D eigenvalue weighted by Crippen LogP contribution is 2.10. The van der Waals surface area contributed by atoms with E-state index in [1.807, 2.05) is 0 Å². The van der Waals surface area contributed by atoms with Crippen LogP contribution in [0.2, 0.25) is 0 Å². The highest BCUT2D eigenvalue weighted by molar-refractivity contribution is 5.77. The first-order chi connectivity index (χ1) is 7.72. The van der Waals surface area contributed by atoms with Gasteiger partial charge in [0.05, 0.1) is 19.6 Å². The zero-order valence-corrected chi connectivity index (χ0v) is 9.10. The molecule has 1 aromatic rings. The number of hydroxylamine groups is 1. The van der Waals surface area contributed by atoms with Crippen molar-refractivity contribution in [2.75, 3.05) is 20.3 Å². The van der Waals surface area contributed by atoms with Crippen LogP contribution in [0.4, 0.5) is 0 Å². The highest BCUT2D eigenvalue weighted by atomic mass is 16.7. The van der Waals surface area contributed by atoms with Gasteiger partial charge >= 0.3 is 0 Å². The van der Waals surface area contributed by atoms with Crippen molar-refractivity contribution in [1.82, 2.24) is 5.48 Å². The zero-order chi connectivity index (χ0) is 11.8. The molecule has 0 aliphatic carbocycles. The number of hydrogen-bond donors (Lipinski definition) is 2. The molecule has 5 nitrogen and oxygen atoms in total. The molecule has 0 saturated carbocycles. The molecule has 0 spiro atoms. The molecule has 1 rings (SSSR count). The highest BCUT2D eigenvalue weighted by Gasteiger charge is 2.03. The minimum atomic E-state index is -0.262. The molecule has 0 fully saturated rings. The molecule has 1 aromatic carbocycles. The summed E-state index contributed by atoms with van der Waals surface area (Å²) in [6.45, 7) is 0.731. The minimum absolute atomic E-state index is 0.144. The molecule has 0 heterocycles. The average molecular weight is 225 g/mol. The average Bonchev–Trinajstić information content (AvgIpc) is 2.24. The number of carbonyl (C=O) groups is 1. The molecule has 2 N–H and O–H groups in total. The fourth-order valence-electron chi connectivity index (χ4n) is 1.14. The van der Waals surface area contributed by atoms with E-state index in [1.165, 1.54) is 6.07 Å². The van der Waals surface area contributed by atoms with Crippen molar-refractivity contribution in [2.24, 2.45) is 0 Å². The van der Waals surface area contributed by atoms with Crippen molar-refractivity contribution in [2.45, 2.75) is 6.42 Å². The zero-order valence-electron chi connectivity index (χ0n) is 9.10. The van der Waals surface area contributed by atoms with Crippen LogP contribution < -0.4 is 5.48 Å². The van der Waals surface area contributed by atoms with Crippen molar-refractivity contribution in [3.8, 4) is 5.75 Å². The maximum atomic E-state index is 11.3. The predicted molar refractivity (Wildman–Crippen MR) is 57.8 cm³/mol. The van der Waals surface area contributed by atoms with Crippen molar-refractivity contribution in [3.63, 3.8) is 0 Å². The lowest BCUT2D eigenvalue weighted by molar-refractivity contribution is -0.133. The van der Waals surface area contributed by atoms with Crippen LogP contribution in [0.1, 0.15) is 5.56 Å². The molecule has 1 amide bonds. The Kier molecular flexibility index (Phi) is 5.31. The fourth-order valence-corrected chi connectivity index (χ4v) is 1.14. The predicted octanol–water partition coefficient (Wildman–Crippen LogP) is 0.629. The number of carbonyl (C=O) groups excluding carboxylic acids is 1. The molecule has 0 radical (unpaired) electrons. The quantitative estimate of drug-likeness (QED) is 0.550. The number of phenols is 1. The van der Waals surface area contributed by atoms with E-state index in [-0.39, 0.29) is 18.1 Å². The Morgan fingerprint density at radius 2 is 2.25 bits per heavy atom. The van der Waals surface area contributed by atoms with Gasteiger partial charge in [-0.15, -0.1) is 0 Å². The number of hydrogen-bond acceptors (Lipinski definition) is 4. The number of amides is 1. The van der Waals surface area contributed by atoms with E-state index in [0.717, 1.165) is 5.56 Å². The molecule has 0 aliphatic heterocycles. The summed E-state index contributed by atoms with van der Waals surface area (Å²) in [4.78, 5) is 16.2. The SMILES string of the molecule is COCCONC(=O)Cc1cccc(O)c1. The lowest BCUT2D eigenvalue weighted by Gasteiger charge is -2.05. The summed E-state index contributed by atoms with van der Waals surface area (Å²) in [5, 5.41) is 9.19. The number of ether oxygens (including phenoxy) is 1. The Morgan fingerprint density at radius 1 is 1.44 bits per heavy atom.